The highest BCUT2D eigenvalue weighted by atomic mass is 79.9. The Labute approximate surface area is 133 Å². The van der Waals surface area contributed by atoms with Gasteiger partial charge in [-0.05, 0) is 29.8 Å². The monoisotopic (exact) mass is 346 g/mol. The number of aromatic nitrogens is 1. The molecule has 1 heterocycles. The summed E-state index contributed by atoms with van der Waals surface area (Å²) in [6.07, 6.45) is 2.69. The third-order valence-corrected chi connectivity index (χ3v) is 3.53. The number of rotatable bonds is 5. The molecule has 0 spiro atoms. The van der Waals surface area contributed by atoms with Gasteiger partial charge in [-0.1, -0.05) is 34.1 Å². The van der Waals surface area contributed by atoms with Gasteiger partial charge in [-0.15, -0.1) is 0 Å². The molecular weight excluding hydrogens is 328 g/mol. The summed E-state index contributed by atoms with van der Waals surface area (Å²) in [5, 5.41) is 6.58. The Morgan fingerprint density at radius 3 is 2.62 bits per heavy atom. The van der Waals surface area contributed by atoms with Crippen molar-refractivity contribution in [3.05, 3.63) is 64.4 Å². The van der Waals surface area contributed by atoms with Crippen LogP contribution in [0.4, 0.5) is 0 Å². The van der Waals surface area contributed by atoms with Gasteiger partial charge in [-0.25, -0.2) is 0 Å². The highest BCUT2D eigenvalue weighted by Gasteiger charge is 1.99. The van der Waals surface area contributed by atoms with Crippen LogP contribution in [0.3, 0.4) is 0 Å². The van der Waals surface area contributed by atoms with Crippen molar-refractivity contribution >= 4 is 21.9 Å². The summed E-state index contributed by atoms with van der Waals surface area (Å²) in [4.78, 5) is 8.52. The summed E-state index contributed by atoms with van der Waals surface area (Å²) < 4.78 is 1.09. The zero-order valence-electron chi connectivity index (χ0n) is 12.0. The van der Waals surface area contributed by atoms with Crippen LogP contribution in [0.15, 0.2) is 58.1 Å². The quantitative estimate of drug-likeness (QED) is 0.646. The second kappa shape index (κ2) is 8.42. The minimum atomic E-state index is 0.747. The second-order valence-corrected chi connectivity index (χ2v) is 5.47. The van der Waals surface area contributed by atoms with E-state index < -0.39 is 0 Å². The average Bonchev–Trinajstić information content (AvgIpc) is 2.53. The average molecular weight is 347 g/mol. The number of benzene rings is 1. The molecule has 0 saturated carbocycles. The van der Waals surface area contributed by atoms with Crippen LogP contribution in [-0.4, -0.2) is 24.5 Å². The van der Waals surface area contributed by atoms with Crippen LogP contribution in [0.2, 0.25) is 0 Å². The topological polar surface area (TPSA) is 49.3 Å². The molecule has 2 N–H and O–H groups in total. The number of halogens is 1. The Bertz CT molecular complexity index is 567. The summed E-state index contributed by atoms with van der Waals surface area (Å²) >= 11 is 3.43. The standard InChI is InChI=1S/C16H19BrN4/c1-18-16(20-11-9-15-4-2-3-10-19-15)21-12-13-5-7-14(17)8-6-13/h2-8,10H,9,11-12H2,1H3,(H2,18,20,21). The van der Waals surface area contributed by atoms with Crippen LogP contribution < -0.4 is 10.6 Å². The Balaban J connectivity index is 1.74. The SMILES string of the molecule is CN=C(NCCc1ccccn1)NCc1ccc(Br)cc1. The molecule has 1 aromatic carbocycles. The number of hydrogen-bond donors (Lipinski definition) is 2. The van der Waals surface area contributed by atoms with E-state index in [0.29, 0.717) is 0 Å². The molecule has 0 bridgehead atoms. The number of nitrogens with one attached hydrogen (secondary N) is 2. The third kappa shape index (κ3) is 5.55. The van der Waals surface area contributed by atoms with Gasteiger partial charge in [-0.3, -0.25) is 9.98 Å². The molecule has 2 rings (SSSR count). The Kier molecular flexibility index (Phi) is 6.22. The van der Waals surface area contributed by atoms with Crippen LogP contribution in [0.1, 0.15) is 11.3 Å². The Morgan fingerprint density at radius 2 is 1.95 bits per heavy atom. The fourth-order valence-electron chi connectivity index (χ4n) is 1.86. The molecule has 110 valence electrons. The summed E-state index contributed by atoms with van der Waals surface area (Å²) in [5.74, 6) is 0.800. The van der Waals surface area contributed by atoms with Crippen molar-refractivity contribution in [3.63, 3.8) is 0 Å². The molecule has 0 aliphatic rings. The van der Waals surface area contributed by atoms with E-state index in [0.717, 1.165) is 35.6 Å². The molecule has 0 fully saturated rings. The van der Waals surface area contributed by atoms with Gasteiger partial charge in [-0.2, -0.15) is 0 Å². The van der Waals surface area contributed by atoms with E-state index in [9.17, 15) is 0 Å². The molecule has 4 nitrogen and oxygen atoms in total. The van der Waals surface area contributed by atoms with Crippen molar-refractivity contribution in [1.82, 2.24) is 15.6 Å². The highest BCUT2D eigenvalue weighted by molar-refractivity contribution is 9.10. The van der Waals surface area contributed by atoms with Crippen molar-refractivity contribution in [2.75, 3.05) is 13.6 Å². The molecular formula is C16H19BrN4. The van der Waals surface area contributed by atoms with E-state index in [-0.39, 0.29) is 0 Å². The predicted octanol–water partition coefficient (Wildman–Crippen LogP) is 2.75. The first-order valence-corrected chi connectivity index (χ1v) is 7.66. The minimum absolute atomic E-state index is 0.747. The first-order chi connectivity index (χ1) is 10.3. The zero-order chi connectivity index (χ0) is 14.9. The maximum absolute atomic E-state index is 4.30. The molecule has 0 radical (unpaired) electrons. The second-order valence-electron chi connectivity index (χ2n) is 4.55. The summed E-state index contributed by atoms with van der Waals surface area (Å²) in [6, 6.07) is 14.2. The van der Waals surface area contributed by atoms with Gasteiger partial charge in [0.1, 0.15) is 0 Å². The third-order valence-electron chi connectivity index (χ3n) is 3.00. The molecule has 0 saturated heterocycles. The number of nitrogens with zero attached hydrogens (tertiary/aromatic N) is 2. The van der Waals surface area contributed by atoms with Crippen molar-refractivity contribution in [3.8, 4) is 0 Å². The van der Waals surface area contributed by atoms with E-state index in [4.69, 9.17) is 0 Å². The van der Waals surface area contributed by atoms with Crippen molar-refractivity contribution in [2.45, 2.75) is 13.0 Å². The lowest BCUT2D eigenvalue weighted by Gasteiger charge is -2.11. The molecule has 0 aliphatic heterocycles. The van der Waals surface area contributed by atoms with Crippen LogP contribution in [-0.2, 0) is 13.0 Å². The molecule has 21 heavy (non-hydrogen) atoms. The van der Waals surface area contributed by atoms with Crippen LogP contribution >= 0.6 is 15.9 Å². The molecule has 0 unspecified atom stereocenters. The molecule has 0 aliphatic carbocycles. The predicted molar refractivity (Wildman–Crippen MR) is 90.3 cm³/mol. The Hall–Kier alpha value is -1.88. The van der Waals surface area contributed by atoms with Gasteiger partial charge in [0, 0.05) is 42.9 Å². The van der Waals surface area contributed by atoms with E-state index in [1.807, 2.05) is 36.5 Å². The molecule has 0 amide bonds. The van der Waals surface area contributed by atoms with Gasteiger partial charge >= 0.3 is 0 Å². The Morgan fingerprint density at radius 1 is 1.14 bits per heavy atom. The van der Waals surface area contributed by atoms with E-state index in [2.05, 4.69) is 48.7 Å². The minimum Gasteiger partial charge on any atom is -0.356 e. The number of guanidine groups is 1. The molecule has 0 atom stereocenters. The normalized spacial score (nSPS) is 11.2. The summed E-state index contributed by atoms with van der Waals surface area (Å²) in [7, 11) is 1.78. The lowest BCUT2D eigenvalue weighted by Crippen LogP contribution is -2.37. The van der Waals surface area contributed by atoms with E-state index in [1.165, 1.54) is 5.56 Å². The first kappa shape index (κ1) is 15.5. The maximum Gasteiger partial charge on any atom is 0.191 e. The van der Waals surface area contributed by atoms with E-state index >= 15 is 0 Å². The largest absolute Gasteiger partial charge is 0.356 e. The lowest BCUT2D eigenvalue weighted by molar-refractivity contribution is 0.784. The molecule has 1 aromatic heterocycles. The summed E-state index contributed by atoms with van der Waals surface area (Å²) in [5.41, 5.74) is 2.29. The number of hydrogen-bond acceptors (Lipinski definition) is 2. The van der Waals surface area contributed by atoms with Crippen molar-refractivity contribution in [1.29, 1.82) is 0 Å². The van der Waals surface area contributed by atoms with Crippen LogP contribution in [0.25, 0.3) is 0 Å². The van der Waals surface area contributed by atoms with Gasteiger partial charge in [0.2, 0.25) is 0 Å². The van der Waals surface area contributed by atoms with Gasteiger partial charge in [0.25, 0.3) is 0 Å². The highest BCUT2D eigenvalue weighted by Crippen LogP contribution is 2.10. The fraction of sp³-hybridized carbons (Fsp3) is 0.250. The molecule has 5 heteroatoms. The van der Waals surface area contributed by atoms with Crippen LogP contribution in [0, 0.1) is 0 Å². The fourth-order valence-corrected chi connectivity index (χ4v) is 2.13. The van der Waals surface area contributed by atoms with Gasteiger partial charge in [0.05, 0.1) is 0 Å². The maximum atomic E-state index is 4.30. The van der Waals surface area contributed by atoms with Gasteiger partial charge in [0.15, 0.2) is 5.96 Å². The smallest absolute Gasteiger partial charge is 0.191 e. The van der Waals surface area contributed by atoms with E-state index in [1.54, 1.807) is 7.05 Å². The number of aliphatic imine (C=N–C) groups is 1. The van der Waals surface area contributed by atoms with Gasteiger partial charge < -0.3 is 10.6 Å². The molecule has 2 aromatic rings. The first-order valence-electron chi connectivity index (χ1n) is 6.87. The number of pyridine rings is 1. The lowest BCUT2D eigenvalue weighted by atomic mass is 10.2. The van der Waals surface area contributed by atoms with Crippen molar-refractivity contribution < 1.29 is 0 Å². The van der Waals surface area contributed by atoms with Crippen molar-refractivity contribution in [2.24, 2.45) is 4.99 Å². The summed E-state index contributed by atoms with van der Waals surface area (Å²) in [6.45, 7) is 1.55. The zero-order valence-corrected chi connectivity index (χ0v) is 13.6. The van der Waals surface area contributed by atoms with Crippen LogP contribution in [0.5, 0.6) is 0 Å².